The largest absolute Gasteiger partial charge is 0.453 e. The summed E-state index contributed by atoms with van der Waals surface area (Å²) in [5, 5.41) is 5.92. The van der Waals surface area contributed by atoms with Crippen molar-refractivity contribution in [2.45, 2.75) is 25.7 Å². The number of fused-ring (bicyclic) bond motifs is 2. The quantitative estimate of drug-likeness (QED) is 0.329. The van der Waals surface area contributed by atoms with E-state index in [0.29, 0.717) is 28.2 Å². The maximum Gasteiger partial charge on any atom is 0.282 e. The number of rotatable bonds is 4. The van der Waals surface area contributed by atoms with Gasteiger partial charge in [-0.05, 0) is 43.2 Å². The molecule has 0 saturated carbocycles. The molecule has 5 aromatic rings. The highest BCUT2D eigenvalue weighted by atomic mass is 16.4. The third-order valence-electron chi connectivity index (χ3n) is 6.23. The number of nitrogens with zero attached hydrogens (tertiary/aromatic N) is 4. The van der Waals surface area contributed by atoms with Gasteiger partial charge in [-0.25, -0.2) is 4.98 Å². The lowest BCUT2D eigenvalue weighted by atomic mass is 10.2. The van der Waals surface area contributed by atoms with Gasteiger partial charge >= 0.3 is 0 Å². The Labute approximate surface area is 195 Å². The summed E-state index contributed by atoms with van der Waals surface area (Å²) in [7, 11) is 0. The molecular formula is C27H24N4O3. The number of benzene rings is 2. The number of furan rings is 2. The van der Waals surface area contributed by atoms with E-state index < -0.39 is 0 Å². The summed E-state index contributed by atoms with van der Waals surface area (Å²) in [4.78, 5) is 20.4. The van der Waals surface area contributed by atoms with Crippen LogP contribution in [0.25, 0.3) is 33.5 Å². The Kier molecular flexibility index (Phi) is 5.22. The average Bonchev–Trinajstić information content (AvgIpc) is 3.43. The summed E-state index contributed by atoms with van der Waals surface area (Å²) < 4.78 is 13.3. The van der Waals surface area contributed by atoms with Crippen molar-refractivity contribution in [3.05, 3.63) is 82.8 Å². The monoisotopic (exact) mass is 452 g/mol. The van der Waals surface area contributed by atoms with Gasteiger partial charge in [-0.1, -0.05) is 43.2 Å². The smallest absolute Gasteiger partial charge is 0.282 e. The SMILES string of the molecule is O=c1c2ccccc2nc(-c2cc3ccccc3o2)n1N=Cc1ccc(N2CCCCCC2)o1. The fraction of sp³-hybridized carbons (Fsp3) is 0.222. The minimum Gasteiger partial charge on any atom is -0.453 e. The zero-order chi connectivity index (χ0) is 22.9. The molecule has 4 heterocycles. The Morgan fingerprint density at radius 1 is 0.882 bits per heavy atom. The summed E-state index contributed by atoms with van der Waals surface area (Å²) in [6, 6.07) is 20.7. The predicted octanol–water partition coefficient (Wildman–Crippen LogP) is 5.67. The van der Waals surface area contributed by atoms with E-state index in [-0.39, 0.29) is 5.56 Å². The first-order valence-electron chi connectivity index (χ1n) is 11.7. The number of para-hydroxylation sites is 2. The molecule has 0 N–H and O–H groups in total. The zero-order valence-electron chi connectivity index (χ0n) is 18.7. The molecule has 7 nitrogen and oxygen atoms in total. The van der Waals surface area contributed by atoms with Crippen molar-refractivity contribution < 1.29 is 8.83 Å². The molecule has 1 aliphatic heterocycles. The van der Waals surface area contributed by atoms with Crippen LogP contribution in [0.3, 0.4) is 0 Å². The van der Waals surface area contributed by atoms with Crippen LogP contribution in [0, 0.1) is 0 Å². The topological polar surface area (TPSA) is 76.8 Å². The van der Waals surface area contributed by atoms with Crippen LogP contribution in [0.1, 0.15) is 31.4 Å². The second-order valence-corrected chi connectivity index (χ2v) is 8.54. The number of hydrogen-bond donors (Lipinski definition) is 0. The highest BCUT2D eigenvalue weighted by Gasteiger charge is 2.17. The molecule has 170 valence electrons. The Morgan fingerprint density at radius 2 is 1.68 bits per heavy atom. The minimum atomic E-state index is -0.267. The number of aromatic nitrogens is 2. The third kappa shape index (κ3) is 3.79. The minimum absolute atomic E-state index is 0.267. The molecule has 34 heavy (non-hydrogen) atoms. The molecule has 1 aliphatic rings. The summed E-state index contributed by atoms with van der Waals surface area (Å²) >= 11 is 0. The molecule has 0 radical (unpaired) electrons. The predicted molar refractivity (Wildman–Crippen MR) is 134 cm³/mol. The van der Waals surface area contributed by atoms with Gasteiger partial charge in [0.15, 0.2) is 11.6 Å². The molecule has 0 aliphatic carbocycles. The summed E-state index contributed by atoms with van der Waals surface area (Å²) in [5.41, 5.74) is 1.05. The van der Waals surface area contributed by atoms with Gasteiger partial charge in [0.2, 0.25) is 5.82 Å². The maximum atomic E-state index is 13.4. The molecule has 0 spiro atoms. The van der Waals surface area contributed by atoms with Gasteiger partial charge in [0.25, 0.3) is 5.56 Å². The normalized spacial score (nSPS) is 14.9. The molecule has 1 fully saturated rings. The van der Waals surface area contributed by atoms with Crippen LogP contribution in [0.4, 0.5) is 5.88 Å². The van der Waals surface area contributed by atoms with Gasteiger partial charge < -0.3 is 13.7 Å². The van der Waals surface area contributed by atoms with Crippen molar-refractivity contribution in [1.29, 1.82) is 0 Å². The summed E-state index contributed by atoms with van der Waals surface area (Å²) in [5.74, 6) is 2.24. The Balaban J connectivity index is 1.42. The van der Waals surface area contributed by atoms with Crippen LogP contribution in [0.5, 0.6) is 0 Å². The van der Waals surface area contributed by atoms with Crippen molar-refractivity contribution in [3.8, 4) is 11.6 Å². The van der Waals surface area contributed by atoms with Crippen molar-refractivity contribution >= 4 is 34.0 Å². The van der Waals surface area contributed by atoms with E-state index >= 15 is 0 Å². The number of hydrogen-bond acceptors (Lipinski definition) is 6. The first-order chi connectivity index (χ1) is 16.8. The van der Waals surface area contributed by atoms with Crippen molar-refractivity contribution in [2.75, 3.05) is 18.0 Å². The lowest BCUT2D eigenvalue weighted by Crippen LogP contribution is -2.23. The standard InChI is InChI=1S/C27H24N4O3/c32-27-21-10-4-5-11-22(21)29-26(24-17-19-9-3-6-12-23(19)34-24)31(27)28-18-20-13-14-25(33-20)30-15-7-1-2-8-16-30/h3-6,9-14,17-18H,1-2,7-8,15-16H2. The van der Waals surface area contributed by atoms with E-state index in [4.69, 9.17) is 13.8 Å². The summed E-state index contributed by atoms with van der Waals surface area (Å²) in [6.07, 6.45) is 6.42. The molecule has 1 saturated heterocycles. The van der Waals surface area contributed by atoms with E-state index in [2.05, 4.69) is 10.0 Å². The maximum absolute atomic E-state index is 13.4. The molecule has 0 bridgehead atoms. The Morgan fingerprint density at radius 3 is 2.53 bits per heavy atom. The second-order valence-electron chi connectivity index (χ2n) is 8.54. The Bertz CT molecular complexity index is 1520. The van der Waals surface area contributed by atoms with Gasteiger partial charge in [0, 0.05) is 24.5 Å². The molecule has 2 aromatic carbocycles. The van der Waals surface area contributed by atoms with Gasteiger partial charge in [0.05, 0.1) is 17.1 Å². The third-order valence-corrected chi connectivity index (χ3v) is 6.23. The van der Waals surface area contributed by atoms with E-state index in [0.717, 1.165) is 29.9 Å². The zero-order valence-corrected chi connectivity index (χ0v) is 18.7. The van der Waals surface area contributed by atoms with E-state index in [9.17, 15) is 4.79 Å². The second kappa shape index (κ2) is 8.67. The number of anilines is 1. The van der Waals surface area contributed by atoms with Gasteiger partial charge in [-0.3, -0.25) is 4.79 Å². The average molecular weight is 453 g/mol. The van der Waals surface area contributed by atoms with Gasteiger partial charge in [0.1, 0.15) is 11.3 Å². The highest BCUT2D eigenvalue weighted by Crippen LogP contribution is 2.27. The van der Waals surface area contributed by atoms with Crippen molar-refractivity contribution in [1.82, 2.24) is 9.66 Å². The lowest BCUT2D eigenvalue weighted by molar-refractivity contribution is 0.537. The van der Waals surface area contributed by atoms with Gasteiger partial charge in [-0.15, -0.1) is 0 Å². The van der Waals surface area contributed by atoms with Crippen LogP contribution in [-0.2, 0) is 0 Å². The van der Waals surface area contributed by atoms with Crippen molar-refractivity contribution in [3.63, 3.8) is 0 Å². The molecule has 0 atom stereocenters. The lowest BCUT2D eigenvalue weighted by Gasteiger charge is -2.18. The molecule has 0 unspecified atom stereocenters. The Hall–Kier alpha value is -4.13. The fourth-order valence-electron chi connectivity index (χ4n) is 4.47. The van der Waals surface area contributed by atoms with E-state index in [1.54, 1.807) is 12.3 Å². The van der Waals surface area contributed by atoms with Gasteiger partial charge in [-0.2, -0.15) is 9.78 Å². The van der Waals surface area contributed by atoms with Crippen LogP contribution in [0.2, 0.25) is 0 Å². The van der Waals surface area contributed by atoms with Crippen LogP contribution < -0.4 is 10.5 Å². The molecule has 6 rings (SSSR count). The summed E-state index contributed by atoms with van der Waals surface area (Å²) in [6.45, 7) is 1.99. The van der Waals surface area contributed by atoms with Crippen molar-refractivity contribution in [2.24, 2.45) is 5.10 Å². The molecule has 3 aromatic heterocycles. The highest BCUT2D eigenvalue weighted by molar-refractivity contribution is 5.84. The first-order valence-corrected chi connectivity index (χ1v) is 11.7. The molecule has 0 amide bonds. The van der Waals surface area contributed by atoms with Crippen LogP contribution in [0.15, 0.2) is 85.5 Å². The van der Waals surface area contributed by atoms with Crippen LogP contribution in [-0.4, -0.2) is 29.0 Å². The van der Waals surface area contributed by atoms with Crippen LogP contribution >= 0.6 is 0 Å². The molecule has 7 heteroatoms. The van der Waals surface area contributed by atoms with E-state index in [1.165, 1.54) is 30.4 Å². The first kappa shape index (κ1) is 20.5. The van der Waals surface area contributed by atoms with E-state index in [1.807, 2.05) is 60.7 Å². The fourth-order valence-corrected chi connectivity index (χ4v) is 4.47. The molecular weight excluding hydrogens is 428 g/mol.